The molecule has 0 amide bonds. The van der Waals surface area contributed by atoms with Gasteiger partial charge in [0.1, 0.15) is 5.82 Å². The van der Waals surface area contributed by atoms with Crippen LogP contribution in [0.2, 0.25) is 0 Å². The summed E-state index contributed by atoms with van der Waals surface area (Å²) >= 11 is 0. The Hall–Kier alpha value is -0.920. The summed E-state index contributed by atoms with van der Waals surface area (Å²) in [7, 11) is -1.66. The maximum Gasteiger partial charge on any atom is 0.262 e. The normalized spacial score (nSPS) is 22.9. The smallest absolute Gasteiger partial charge is 0.262 e. The van der Waals surface area contributed by atoms with Gasteiger partial charge in [-0.15, -0.1) is 0 Å². The molecule has 1 aromatic heterocycles. The van der Waals surface area contributed by atoms with E-state index in [9.17, 15) is 8.42 Å². The Bertz CT molecular complexity index is 489. The van der Waals surface area contributed by atoms with Gasteiger partial charge in [0.2, 0.25) is 0 Å². The molecule has 1 aliphatic heterocycles. The van der Waals surface area contributed by atoms with Crippen LogP contribution in [0.25, 0.3) is 0 Å². The van der Waals surface area contributed by atoms with Crippen LogP contribution < -0.4 is 5.32 Å². The van der Waals surface area contributed by atoms with Gasteiger partial charge in [-0.05, 0) is 13.8 Å². The zero-order chi connectivity index (χ0) is 12.6. The summed E-state index contributed by atoms with van der Waals surface area (Å²) in [6.45, 7) is 5.57. The van der Waals surface area contributed by atoms with Crippen molar-refractivity contribution in [2.45, 2.75) is 24.9 Å². The lowest BCUT2D eigenvalue weighted by Crippen LogP contribution is -2.52. The third-order valence-electron chi connectivity index (χ3n) is 3.10. The molecule has 0 radical (unpaired) electrons. The number of imidazole rings is 1. The van der Waals surface area contributed by atoms with Crippen LogP contribution in [0.5, 0.6) is 0 Å². The van der Waals surface area contributed by atoms with Crippen LogP contribution in [0.15, 0.2) is 11.2 Å². The minimum Gasteiger partial charge on any atom is -0.337 e. The summed E-state index contributed by atoms with van der Waals surface area (Å²) in [5.74, 6) is 0.700. The zero-order valence-electron chi connectivity index (χ0n) is 10.3. The van der Waals surface area contributed by atoms with Gasteiger partial charge in [0.25, 0.3) is 10.0 Å². The lowest BCUT2D eigenvalue weighted by atomic mass is 10.3. The molecule has 1 saturated heterocycles. The highest BCUT2D eigenvalue weighted by molar-refractivity contribution is 7.89. The van der Waals surface area contributed by atoms with Crippen LogP contribution in [0.3, 0.4) is 0 Å². The second kappa shape index (κ2) is 4.40. The second-order valence-electron chi connectivity index (χ2n) is 4.41. The number of nitrogens with one attached hydrogen (secondary N) is 1. The minimum absolute atomic E-state index is 0.0314. The van der Waals surface area contributed by atoms with E-state index in [4.69, 9.17) is 0 Å². The number of rotatable bonds is 2. The van der Waals surface area contributed by atoms with Crippen LogP contribution in [0.4, 0.5) is 0 Å². The van der Waals surface area contributed by atoms with Gasteiger partial charge < -0.3 is 9.88 Å². The Morgan fingerprint density at radius 1 is 1.53 bits per heavy atom. The van der Waals surface area contributed by atoms with Crippen LogP contribution in [0, 0.1) is 6.92 Å². The molecule has 0 aromatic carbocycles. The van der Waals surface area contributed by atoms with Crippen molar-refractivity contribution in [3.63, 3.8) is 0 Å². The number of piperazine rings is 1. The summed E-state index contributed by atoms with van der Waals surface area (Å²) in [6, 6.07) is -0.0314. The number of nitrogens with zero attached hydrogens (tertiary/aromatic N) is 3. The van der Waals surface area contributed by atoms with E-state index >= 15 is 0 Å². The largest absolute Gasteiger partial charge is 0.337 e. The molecule has 2 heterocycles. The molecule has 96 valence electrons. The van der Waals surface area contributed by atoms with Crippen LogP contribution in [-0.4, -0.2) is 48.0 Å². The Labute approximate surface area is 102 Å². The van der Waals surface area contributed by atoms with E-state index in [1.807, 2.05) is 6.92 Å². The average Bonchev–Trinajstić information content (AvgIpc) is 2.60. The quantitative estimate of drug-likeness (QED) is 0.791. The SMILES string of the molecule is Cc1nc(S(=O)(=O)N2CCNCC2C)cn1C. The van der Waals surface area contributed by atoms with Crippen molar-refractivity contribution in [3.05, 3.63) is 12.0 Å². The number of aromatic nitrogens is 2. The van der Waals surface area contributed by atoms with Crippen molar-refractivity contribution in [1.29, 1.82) is 0 Å². The minimum atomic E-state index is -3.45. The van der Waals surface area contributed by atoms with Crippen LogP contribution in [-0.2, 0) is 17.1 Å². The molecule has 0 aliphatic carbocycles. The predicted octanol–water partition coefficient (Wildman–Crippen LogP) is -0.289. The Balaban J connectivity index is 2.35. The third-order valence-corrected chi connectivity index (χ3v) is 4.99. The van der Waals surface area contributed by atoms with E-state index in [0.717, 1.165) is 0 Å². The number of hydrogen-bond donors (Lipinski definition) is 1. The van der Waals surface area contributed by atoms with E-state index in [2.05, 4.69) is 10.3 Å². The summed E-state index contributed by atoms with van der Waals surface area (Å²) in [5.41, 5.74) is 0. The molecule has 0 saturated carbocycles. The molecule has 1 fully saturated rings. The van der Waals surface area contributed by atoms with E-state index < -0.39 is 10.0 Å². The lowest BCUT2D eigenvalue weighted by Gasteiger charge is -2.32. The van der Waals surface area contributed by atoms with Crippen molar-refractivity contribution >= 4 is 10.0 Å². The second-order valence-corrected chi connectivity index (χ2v) is 6.24. The van der Waals surface area contributed by atoms with E-state index in [0.29, 0.717) is 25.5 Å². The molecule has 2 rings (SSSR count). The molecule has 7 heteroatoms. The van der Waals surface area contributed by atoms with Gasteiger partial charge in [-0.1, -0.05) is 0 Å². The fourth-order valence-corrected chi connectivity index (χ4v) is 3.61. The van der Waals surface area contributed by atoms with Crippen molar-refractivity contribution in [2.24, 2.45) is 7.05 Å². The molecule has 1 N–H and O–H groups in total. The summed E-state index contributed by atoms with van der Waals surface area (Å²) in [5, 5.41) is 3.32. The predicted molar refractivity (Wildman–Crippen MR) is 64.2 cm³/mol. The molecule has 0 bridgehead atoms. The first-order chi connectivity index (χ1) is 7.93. The van der Waals surface area contributed by atoms with E-state index in [1.54, 1.807) is 24.7 Å². The molecule has 1 aliphatic rings. The maximum absolute atomic E-state index is 12.4. The summed E-state index contributed by atoms with van der Waals surface area (Å²) < 4.78 is 28.0. The van der Waals surface area contributed by atoms with Gasteiger partial charge in [-0.2, -0.15) is 4.31 Å². The highest BCUT2D eigenvalue weighted by Gasteiger charge is 2.32. The number of sulfonamides is 1. The first-order valence-corrected chi connectivity index (χ1v) is 7.09. The fraction of sp³-hybridized carbons (Fsp3) is 0.700. The van der Waals surface area contributed by atoms with Gasteiger partial charge in [0.15, 0.2) is 5.03 Å². The van der Waals surface area contributed by atoms with E-state index in [1.165, 1.54) is 4.31 Å². The van der Waals surface area contributed by atoms with Crippen molar-refractivity contribution in [2.75, 3.05) is 19.6 Å². The topological polar surface area (TPSA) is 67.2 Å². The van der Waals surface area contributed by atoms with Crippen LogP contribution in [0.1, 0.15) is 12.7 Å². The molecule has 1 unspecified atom stereocenters. The number of hydrogen-bond acceptors (Lipinski definition) is 4. The van der Waals surface area contributed by atoms with Crippen molar-refractivity contribution in [3.8, 4) is 0 Å². The first kappa shape index (κ1) is 12.5. The number of aryl methyl sites for hydroxylation is 2. The lowest BCUT2D eigenvalue weighted by molar-refractivity contribution is 0.283. The van der Waals surface area contributed by atoms with Crippen LogP contribution >= 0.6 is 0 Å². The van der Waals surface area contributed by atoms with Gasteiger partial charge in [-0.3, -0.25) is 0 Å². The summed E-state index contributed by atoms with van der Waals surface area (Å²) in [6.07, 6.45) is 1.57. The van der Waals surface area contributed by atoms with Gasteiger partial charge in [0.05, 0.1) is 0 Å². The fourth-order valence-electron chi connectivity index (χ4n) is 1.95. The molecule has 1 atom stereocenters. The van der Waals surface area contributed by atoms with Crippen molar-refractivity contribution < 1.29 is 8.42 Å². The third kappa shape index (κ3) is 2.22. The molecule has 1 aromatic rings. The van der Waals surface area contributed by atoms with E-state index in [-0.39, 0.29) is 11.1 Å². The highest BCUT2D eigenvalue weighted by Crippen LogP contribution is 2.18. The van der Waals surface area contributed by atoms with Gasteiger partial charge in [0, 0.05) is 38.9 Å². The molecule has 17 heavy (non-hydrogen) atoms. The van der Waals surface area contributed by atoms with Gasteiger partial charge in [-0.25, -0.2) is 13.4 Å². The molecule has 0 spiro atoms. The first-order valence-electron chi connectivity index (χ1n) is 5.65. The molecular formula is C10H18N4O2S. The standard InChI is InChI=1S/C10H18N4O2S/c1-8-6-11-4-5-14(8)17(15,16)10-7-13(3)9(2)12-10/h7-8,11H,4-6H2,1-3H3. The highest BCUT2D eigenvalue weighted by atomic mass is 32.2. The zero-order valence-corrected chi connectivity index (χ0v) is 11.2. The molecule has 6 nitrogen and oxygen atoms in total. The Kier molecular flexibility index (Phi) is 3.24. The monoisotopic (exact) mass is 258 g/mol. The average molecular weight is 258 g/mol. The summed E-state index contributed by atoms with van der Waals surface area (Å²) in [4.78, 5) is 4.10. The molecular weight excluding hydrogens is 240 g/mol. The maximum atomic E-state index is 12.4. The van der Waals surface area contributed by atoms with Crippen molar-refractivity contribution in [1.82, 2.24) is 19.2 Å². The van der Waals surface area contributed by atoms with Gasteiger partial charge >= 0.3 is 0 Å². The Morgan fingerprint density at radius 2 is 2.24 bits per heavy atom. The Morgan fingerprint density at radius 3 is 2.76 bits per heavy atom.